The van der Waals surface area contributed by atoms with Gasteiger partial charge in [-0.3, -0.25) is 9.69 Å². The van der Waals surface area contributed by atoms with E-state index in [-0.39, 0.29) is 23.4 Å². The first-order valence-electron chi connectivity index (χ1n) is 11.6. The molecule has 0 radical (unpaired) electrons. The lowest BCUT2D eigenvalue weighted by Gasteiger charge is -2.46. The number of hydrogen-bond acceptors (Lipinski definition) is 4. The number of ether oxygens (including phenoxy) is 1. The molecule has 30 heavy (non-hydrogen) atoms. The van der Waals surface area contributed by atoms with Gasteiger partial charge in [0.05, 0.1) is 5.92 Å². The molecule has 0 amide bonds. The number of benzene rings is 1. The number of halogens is 1. The van der Waals surface area contributed by atoms with E-state index in [0.29, 0.717) is 5.92 Å². The molecule has 1 saturated carbocycles. The molecule has 2 heterocycles. The Kier molecular flexibility index (Phi) is 5.35. The van der Waals surface area contributed by atoms with Crippen LogP contribution < -0.4 is 4.90 Å². The van der Waals surface area contributed by atoms with Crippen molar-refractivity contribution in [1.29, 1.82) is 0 Å². The highest BCUT2D eigenvalue weighted by molar-refractivity contribution is 6.30. The number of allylic oxidation sites excluding steroid dienone is 2. The van der Waals surface area contributed by atoms with E-state index >= 15 is 0 Å². The fraction of sp³-hybridized carbons (Fsp3) is 0.640. The molecule has 4 aliphatic rings. The fourth-order valence-electron chi connectivity index (χ4n) is 6.44. The molecule has 4 atom stereocenters. The SMILES string of the molecule is CC1=C2C[C@@H]3[C@@H](C[C@@]2(C)CCC1)OC(=O)[C@@H]3CN1CCN(c2ccc(Cl)cc2)CC1. The van der Waals surface area contributed by atoms with Gasteiger partial charge in [-0.15, -0.1) is 0 Å². The number of carbonyl (C=O) groups is 1. The molecule has 0 unspecified atom stereocenters. The molecule has 5 heteroatoms. The number of esters is 1. The van der Waals surface area contributed by atoms with Crippen LogP contribution >= 0.6 is 11.6 Å². The van der Waals surface area contributed by atoms with Crippen molar-refractivity contribution in [1.82, 2.24) is 4.90 Å². The van der Waals surface area contributed by atoms with Crippen molar-refractivity contribution in [3.8, 4) is 0 Å². The number of hydrogen-bond donors (Lipinski definition) is 0. The summed E-state index contributed by atoms with van der Waals surface area (Å²) >= 11 is 6.02. The van der Waals surface area contributed by atoms with Crippen LogP contribution in [-0.2, 0) is 9.53 Å². The summed E-state index contributed by atoms with van der Waals surface area (Å²) < 4.78 is 5.96. The zero-order valence-electron chi connectivity index (χ0n) is 18.2. The van der Waals surface area contributed by atoms with Gasteiger partial charge in [0.2, 0.25) is 0 Å². The lowest BCUT2D eigenvalue weighted by atomic mass is 9.59. The van der Waals surface area contributed by atoms with E-state index < -0.39 is 0 Å². The van der Waals surface area contributed by atoms with Crippen LogP contribution in [0.4, 0.5) is 5.69 Å². The van der Waals surface area contributed by atoms with Crippen molar-refractivity contribution < 1.29 is 9.53 Å². The van der Waals surface area contributed by atoms with E-state index in [1.54, 1.807) is 11.1 Å². The average molecular weight is 429 g/mol. The molecule has 5 rings (SSSR count). The molecule has 0 aromatic heterocycles. The van der Waals surface area contributed by atoms with E-state index in [2.05, 4.69) is 35.8 Å². The molecule has 2 aliphatic heterocycles. The molecule has 4 nitrogen and oxygen atoms in total. The zero-order valence-corrected chi connectivity index (χ0v) is 19.0. The Morgan fingerprint density at radius 1 is 1.17 bits per heavy atom. The molecule has 1 aromatic carbocycles. The maximum Gasteiger partial charge on any atom is 0.310 e. The monoisotopic (exact) mass is 428 g/mol. The number of piperazine rings is 1. The number of nitrogens with zero attached hydrogens (tertiary/aromatic N) is 2. The molecular weight excluding hydrogens is 396 g/mol. The Balaban J connectivity index is 1.24. The number of fused-ring (bicyclic) bond motifs is 2. The van der Waals surface area contributed by atoms with Gasteiger partial charge in [-0.05, 0) is 68.7 Å². The highest BCUT2D eigenvalue weighted by Crippen LogP contribution is 2.55. The van der Waals surface area contributed by atoms with Gasteiger partial charge in [0.15, 0.2) is 0 Å². The Bertz CT molecular complexity index is 843. The molecule has 0 N–H and O–H groups in total. The first kappa shape index (κ1) is 20.4. The van der Waals surface area contributed by atoms with Gasteiger partial charge in [-0.25, -0.2) is 0 Å². The van der Waals surface area contributed by atoms with E-state index in [0.717, 1.165) is 50.6 Å². The van der Waals surface area contributed by atoms with Crippen LogP contribution in [-0.4, -0.2) is 49.7 Å². The van der Waals surface area contributed by atoms with Gasteiger partial charge >= 0.3 is 5.97 Å². The summed E-state index contributed by atoms with van der Waals surface area (Å²) in [4.78, 5) is 17.7. The molecular formula is C25H33ClN2O2. The van der Waals surface area contributed by atoms with Crippen molar-refractivity contribution in [3.05, 3.63) is 40.4 Å². The van der Waals surface area contributed by atoms with Crippen molar-refractivity contribution in [2.45, 2.75) is 52.1 Å². The topological polar surface area (TPSA) is 32.8 Å². The van der Waals surface area contributed by atoms with Crippen LogP contribution in [0.1, 0.15) is 46.0 Å². The maximum absolute atomic E-state index is 12.8. The van der Waals surface area contributed by atoms with E-state index in [9.17, 15) is 4.79 Å². The zero-order chi connectivity index (χ0) is 20.9. The van der Waals surface area contributed by atoms with Gasteiger partial charge in [0.1, 0.15) is 6.10 Å². The van der Waals surface area contributed by atoms with Gasteiger partial charge in [0, 0.05) is 49.4 Å². The highest BCUT2D eigenvalue weighted by atomic mass is 35.5. The van der Waals surface area contributed by atoms with Gasteiger partial charge in [-0.2, -0.15) is 0 Å². The van der Waals surface area contributed by atoms with E-state index in [1.165, 1.54) is 24.9 Å². The van der Waals surface area contributed by atoms with Crippen molar-refractivity contribution >= 4 is 23.3 Å². The smallest absolute Gasteiger partial charge is 0.310 e. The fourth-order valence-corrected chi connectivity index (χ4v) is 6.57. The Hall–Kier alpha value is -1.52. The quantitative estimate of drug-likeness (QED) is 0.505. The second-order valence-electron chi connectivity index (χ2n) is 10.1. The first-order chi connectivity index (χ1) is 14.4. The second-order valence-corrected chi connectivity index (χ2v) is 10.5. The lowest BCUT2D eigenvalue weighted by Crippen LogP contribution is -2.49. The van der Waals surface area contributed by atoms with Crippen LogP contribution in [0.2, 0.25) is 5.02 Å². The van der Waals surface area contributed by atoms with Crippen molar-refractivity contribution in [2.24, 2.45) is 17.3 Å². The van der Waals surface area contributed by atoms with Crippen LogP contribution in [0.15, 0.2) is 35.4 Å². The second kappa shape index (κ2) is 7.87. The molecule has 1 aromatic rings. The summed E-state index contributed by atoms with van der Waals surface area (Å²) in [5.74, 6) is 0.442. The third-order valence-corrected chi connectivity index (χ3v) is 8.45. The van der Waals surface area contributed by atoms with Crippen LogP contribution in [0, 0.1) is 17.3 Å². The molecule has 2 saturated heterocycles. The molecule has 0 spiro atoms. The Labute approximate surface area is 185 Å². The minimum absolute atomic E-state index is 0.0314. The minimum Gasteiger partial charge on any atom is -0.462 e. The Morgan fingerprint density at radius 3 is 2.63 bits per heavy atom. The number of rotatable bonds is 3. The summed E-state index contributed by atoms with van der Waals surface area (Å²) in [6.45, 7) is 9.51. The normalized spacial score (nSPS) is 34.6. The summed E-state index contributed by atoms with van der Waals surface area (Å²) in [5, 5.41) is 0.776. The van der Waals surface area contributed by atoms with Crippen molar-refractivity contribution in [2.75, 3.05) is 37.6 Å². The standard InChI is InChI=1S/C25H33ClN2O2/c1-17-4-3-9-25(2)15-23-20(14-22(17)25)21(24(29)30-23)16-27-10-12-28(13-11-27)19-7-5-18(26)6-8-19/h5-8,20-21,23H,3-4,9-16H2,1-2H3/t20-,21+,23+,25+/m0/s1. The van der Waals surface area contributed by atoms with Crippen LogP contribution in [0.5, 0.6) is 0 Å². The third-order valence-electron chi connectivity index (χ3n) is 8.20. The molecule has 162 valence electrons. The van der Waals surface area contributed by atoms with Gasteiger partial charge < -0.3 is 9.64 Å². The average Bonchev–Trinajstić information content (AvgIpc) is 3.01. The summed E-state index contributed by atoms with van der Waals surface area (Å²) in [6, 6.07) is 8.10. The van der Waals surface area contributed by atoms with Crippen LogP contribution in [0.3, 0.4) is 0 Å². The van der Waals surface area contributed by atoms with Gasteiger partial charge in [0.25, 0.3) is 0 Å². The van der Waals surface area contributed by atoms with Gasteiger partial charge in [-0.1, -0.05) is 29.7 Å². The summed E-state index contributed by atoms with van der Waals surface area (Å²) in [5.41, 5.74) is 4.71. The summed E-state index contributed by atoms with van der Waals surface area (Å²) in [6.07, 6.45) is 5.97. The molecule has 3 fully saturated rings. The number of carbonyl (C=O) groups excluding carboxylic acids is 1. The predicted molar refractivity (Wildman–Crippen MR) is 121 cm³/mol. The van der Waals surface area contributed by atoms with E-state index in [1.807, 2.05) is 12.1 Å². The highest BCUT2D eigenvalue weighted by Gasteiger charge is 2.53. The van der Waals surface area contributed by atoms with E-state index in [4.69, 9.17) is 16.3 Å². The third kappa shape index (κ3) is 3.67. The largest absolute Gasteiger partial charge is 0.462 e. The first-order valence-corrected chi connectivity index (χ1v) is 11.9. The predicted octanol–water partition coefficient (Wildman–Crippen LogP) is 4.92. The maximum atomic E-state index is 12.8. The molecule has 2 aliphatic carbocycles. The van der Waals surface area contributed by atoms with Crippen molar-refractivity contribution in [3.63, 3.8) is 0 Å². The number of anilines is 1. The molecule has 0 bridgehead atoms. The van der Waals surface area contributed by atoms with Crippen LogP contribution in [0.25, 0.3) is 0 Å². The lowest BCUT2D eigenvalue weighted by molar-refractivity contribution is -0.145. The summed E-state index contributed by atoms with van der Waals surface area (Å²) in [7, 11) is 0. The minimum atomic E-state index is 0.0314. The Morgan fingerprint density at radius 2 is 1.90 bits per heavy atom.